The van der Waals surface area contributed by atoms with Crippen molar-refractivity contribution in [2.24, 2.45) is 0 Å². The van der Waals surface area contributed by atoms with Gasteiger partial charge in [0.1, 0.15) is 18.8 Å². The van der Waals surface area contributed by atoms with E-state index in [4.69, 9.17) is 15.1 Å². The third kappa shape index (κ3) is 5.81. The number of piperazine rings is 1. The summed E-state index contributed by atoms with van der Waals surface area (Å²) >= 11 is 0. The first-order valence-electron chi connectivity index (χ1n) is 10.9. The first-order valence-corrected chi connectivity index (χ1v) is 10.9. The minimum atomic E-state index is -1.09. The Morgan fingerprint density at radius 1 is 1.26 bits per heavy atom. The summed E-state index contributed by atoms with van der Waals surface area (Å²) < 4.78 is 5.17. The zero-order valence-corrected chi connectivity index (χ0v) is 18.9. The van der Waals surface area contributed by atoms with Gasteiger partial charge in [-0.1, -0.05) is 30.3 Å². The molecule has 182 valence electrons. The van der Waals surface area contributed by atoms with Crippen LogP contribution in [0.3, 0.4) is 0 Å². The van der Waals surface area contributed by atoms with Gasteiger partial charge in [0.2, 0.25) is 11.8 Å². The Hall–Kier alpha value is -3.69. The van der Waals surface area contributed by atoms with E-state index in [0.29, 0.717) is 0 Å². The second-order valence-corrected chi connectivity index (χ2v) is 8.03. The van der Waals surface area contributed by atoms with Crippen LogP contribution in [0.5, 0.6) is 0 Å². The summed E-state index contributed by atoms with van der Waals surface area (Å²) in [7, 11) is 1.61. The van der Waals surface area contributed by atoms with Gasteiger partial charge in [-0.3, -0.25) is 14.4 Å². The molecule has 0 aromatic heterocycles. The molecule has 0 saturated carbocycles. The monoisotopic (exact) mass is 472 g/mol. The maximum Gasteiger partial charge on any atom is 0.334 e. The summed E-state index contributed by atoms with van der Waals surface area (Å²) in [6, 6.07) is 9.74. The highest BCUT2D eigenvalue weighted by Crippen LogP contribution is 2.27. The molecule has 2 heterocycles. The van der Waals surface area contributed by atoms with Gasteiger partial charge in [-0.05, 0) is 12.0 Å². The number of likely N-dealkylation sites (N-methyl/N-ethyl adjacent to an activating group) is 1. The van der Waals surface area contributed by atoms with Gasteiger partial charge in [0, 0.05) is 26.6 Å². The number of ether oxygens (including phenoxy) is 1. The largest absolute Gasteiger partial charge is 0.481 e. The number of nitriles is 1. The van der Waals surface area contributed by atoms with Crippen LogP contribution in [-0.4, -0.2) is 101 Å². The van der Waals surface area contributed by atoms with Crippen LogP contribution in [0.25, 0.3) is 0 Å². The Kier molecular flexibility index (Phi) is 8.39. The number of hydrazine groups is 1. The van der Waals surface area contributed by atoms with E-state index in [1.807, 2.05) is 36.4 Å². The maximum absolute atomic E-state index is 13.2. The van der Waals surface area contributed by atoms with E-state index < -0.39 is 30.1 Å². The third-order valence-corrected chi connectivity index (χ3v) is 5.74. The van der Waals surface area contributed by atoms with Crippen molar-refractivity contribution in [3.63, 3.8) is 0 Å². The molecule has 1 aromatic rings. The highest BCUT2D eigenvalue weighted by Gasteiger charge is 2.50. The zero-order valence-electron chi connectivity index (χ0n) is 18.9. The smallest absolute Gasteiger partial charge is 0.334 e. The zero-order chi connectivity index (χ0) is 24.7. The van der Waals surface area contributed by atoms with Crippen LogP contribution in [-0.2, 0) is 25.7 Å². The molecule has 2 aliphatic rings. The Bertz CT molecular complexity index is 951. The number of carbonyl (C=O) groups excluding carboxylic acids is 3. The molecule has 0 radical (unpaired) electrons. The second kappa shape index (κ2) is 11.4. The molecule has 0 bridgehead atoms. The molecule has 3 rings (SSSR count). The molecule has 2 aliphatic heterocycles. The fourth-order valence-corrected chi connectivity index (χ4v) is 4.19. The molecule has 2 N–H and O–H groups in total. The lowest BCUT2D eigenvalue weighted by molar-refractivity contribution is -0.188. The number of hydrogen-bond donors (Lipinski definition) is 2. The van der Waals surface area contributed by atoms with E-state index >= 15 is 0 Å². The van der Waals surface area contributed by atoms with Gasteiger partial charge in [0.05, 0.1) is 25.8 Å². The third-order valence-electron chi connectivity index (χ3n) is 5.74. The quantitative estimate of drug-likeness (QED) is 0.471. The van der Waals surface area contributed by atoms with Gasteiger partial charge in [0.15, 0.2) is 0 Å². The molecule has 12 heteroatoms. The van der Waals surface area contributed by atoms with Crippen LogP contribution in [0.1, 0.15) is 18.4 Å². The number of carboxylic acid groups (broad SMARTS) is 1. The number of rotatable bonds is 9. The van der Waals surface area contributed by atoms with E-state index in [2.05, 4.69) is 5.32 Å². The number of hydrogen-bond acceptors (Lipinski definition) is 7. The molecular weight excluding hydrogens is 444 g/mol. The summed E-state index contributed by atoms with van der Waals surface area (Å²) in [5.41, 5.74) is 0.901. The molecule has 0 spiro atoms. The SMILES string of the molecule is CN1CC(=O)N2C(CCC(=O)O)C(=O)N(CCOCC#N)C[C@@H]2N1C(=O)NCc1ccccc1. The number of urea groups is 1. The number of nitrogens with one attached hydrogen (secondary N) is 1. The van der Waals surface area contributed by atoms with Gasteiger partial charge in [-0.2, -0.15) is 5.26 Å². The van der Waals surface area contributed by atoms with Crippen LogP contribution in [0.15, 0.2) is 30.3 Å². The molecule has 4 amide bonds. The Balaban J connectivity index is 1.82. The van der Waals surface area contributed by atoms with E-state index in [9.17, 15) is 19.2 Å². The average Bonchev–Trinajstić information content (AvgIpc) is 2.81. The predicted octanol–water partition coefficient (Wildman–Crippen LogP) is -0.171. The van der Waals surface area contributed by atoms with E-state index in [-0.39, 0.29) is 58.1 Å². The molecule has 1 aromatic carbocycles. The highest BCUT2D eigenvalue weighted by atomic mass is 16.5. The van der Waals surface area contributed by atoms with Crippen molar-refractivity contribution in [2.75, 3.05) is 39.9 Å². The molecule has 1 unspecified atom stereocenters. The van der Waals surface area contributed by atoms with Gasteiger partial charge >= 0.3 is 12.0 Å². The number of aliphatic carboxylic acids is 1. The van der Waals surface area contributed by atoms with Crippen LogP contribution in [0, 0.1) is 11.3 Å². The molecule has 0 aliphatic carbocycles. The summed E-state index contributed by atoms with van der Waals surface area (Å²) in [5.74, 6) is -1.85. The van der Waals surface area contributed by atoms with Crippen molar-refractivity contribution in [2.45, 2.75) is 31.6 Å². The number of amides is 4. The number of benzene rings is 1. The van der Waals surface area contributed by atoms with Crippen molar-refractivity contribution >= 4 is 23.8 Å². The van der Waals surface area contributed by atoms with Gasteiger partial charge < -0.3 is 25.0 Å². The summed E-state index contributed by atoms with van der Waals surface area (Å²) in [4.78, 5) is 53.3. The Morgan fingerprint density at radius 3 is 2.68 bits per heavy atom. The van der Waals surface area contributed by atoms with Crippen molar-refractivity contribution in [1.29, 1.82) is 5.26 Å². The Morgan fingerprint density at radius 2 is 2.00 bits per heavy atom. The summed E-state index contributed by atoms with van der Waals surface area (Å²) in [5, 5.41) is 23.5. The molecule has 2 saturated heterocycles. The van der Waals surface area contributed by atoms with Gasteiger partial charge in [0.25, 0.3) is 0 Å². The number of carboxylic acids is 1. The highest BCUT2D eigenvalue weighted by molar-refractivity contribution is 5.91. The van der Waals surface area contributed by atoms with Crippen molar-refractivity contribution in [3.8, 4) is 6.07 Å². The number of fused-ring (bicyclic) bond motifs is 1. The lowest BCUT2D eigenvalue weighted by Gasteiger charge is -2.54. The van der Waals surface area contributed by atoms with Crippen LogP contribution < -0.4 is 5.32 Å². The van der Waals surface area contributed by atoms with Gasteiger partial charge in [-0.25, -0.2) is 14.8 Å². The lowest BCUT2D eigenvalue weighted by atomic mass is 10.0. The second-order valence-electron chi connectivity index (χ2n) is 8.03. The standard InChI is InChI=1S/C22H28N6O6/c1-25-15-19(29)27-17(7-8-20(30)31)21(32)26(10-12-34-11-9-23)14-18(27)28(25)22(33)24-13-16-5-3-2-4-6-16/h2-6,17-18H,7-8,10-15H2,1H3,(H,24,33)(H,30,31)/t17?,18-/m0/s1. The summed E-state index contributed by atoms with van der Waals surface area (Å²) in [6.45, 7) is 0.297. The van der Waals surface area contributed by atoms with Crippen molar-refractivity contribution in [3.05, 3.63) is 35.9 Å². The summed E-state index contributed by atoms with van der Waals surface area (Å²) in [6.07, 6.45) is -1.19. The fourth-order valence-electron chi connectivity index (χ4n) is 4.19. The lowest BCUT2D eigenvalue weighted by Crippen LogP contribution is -2.76. The number of carbonyl (C=O) groups is 4. The Labute approximate surface area is 197 Å². The first kappa shape index (κ1) is 24.9. The van der Waals surface area contributed by atoms with E-state index in [1.54, 1.807) is 7.05 Å². The molecule has 2 atom stereocenters. The molecular formula is C22H28N6O6. The molecule has 34 heavy (non-hydrogen) atoms. The van der Waals surface area contributed by atoms with Gasteiger partial charge in [-0.15, -0.1) is 0 Å². The van der Waals surface area contributed by atoms with Crippen LogP contribution in [0.4, 0.5) is 4.79 Å². The van der Waals surface area contributed by atoms with Crippen molar-refractivity contribution in [1.82, 2.24) is 25.1 Å². The van der Waals surface area contributed by atoms with Crippen LogP contribution in [0.2, 0.25) is 0 Å². The minimum Gasteiger partial charge on any atom is -0.481 e. The topological polar surface area (TPSA) is 147 Å². The van der Waals surface area contributed by atoms with E-state index in [1.165, 1.54) is 19.8 Å². The average molecular weight is 473 g/mol. The first-order chi connectivity index (χ1) is 16.3. The minimum absolute atomic E-state index is 0.0349. The maximum atomic E-state index is 13.2. The molecule has 12 nitrogen and oxygen atoms in total. The number of nitrogens with zero attached hydrogens (tertiary/aromatic N) is 5. The van der Waals surface area contributed by atoms with Crippen molar-refractivity contribution < 1.29 is 29.0 Å². The normalized spacial score (nSPS) is 20.6. The fraction of sp³-hybridized carbons (Fsp3) is 0.500. The predicted molar refractivity (Wildman–Crippen MR) is 117 cm³/mol. The van der Waals surface area contributed by atoms with E-state index in [0.717, 1.165) is 5.56 Å². The molecule has 2 fully saturated rings. The van der Waals surface area contributed by atoms with Crippen LogP contribution >= 0.6 is 0 Å².